The monoisotopic (exact) mass is 494 g/mol. The molecule has 0 spiro atoms. The Bertz CT molecular complexity index is 909. The molecule has 0 saturated carbocycles. The largest absolute Gasteiger partial charge is 0.473 e. The molecule has 1 heterocycles. The van der Waals surface area contributed by atoms with E-state index in [1.165, 1.54) is 23.1 Å². The number of amides is 1. The maximum Gasteiger partial charge on any atom is 0.414 e. The van der Waals surface area contributed by atoms with Crippen molar-refractivity contribution < 1.29 is 34.1 Å². The number of carbonyl (C=O) groups excluding carboxylic acids is 2. The molecule has 1 aromatic carbocycles. The van der Waals surface area contributed by atoms with Gasteiger partial charge in [0.1, 0.15) is 0 Å². The SMILES string of the molecule is CCOC(=O)Cc1csc(NC(=O)CSc2cc(Cl)ccc2Cl)n1.O=C(O)C(=O)O. The van der Waals surface area contributed by atoms with E-state index in [2.05, 4.69) is 10.3 Å². The number of thiazole rings is 1. The lowest BCUT2D eigenvalue weighted by atomic mass is 10.3. The van der Waals surface area contributed by atoms with E-state index < -0.39 is 11.9 Å². The molecule has 162 valence electrons. The highest BCUT2D eigenvalue weighted by molar-refractivity contribution is 8.00. The summed E-state index contributed by atoms with van der Waals surface area (Å²) in [6, 6.07) is 5.09. The van der Waals surface area contributed by atoms with Crippen LogP contribution >= 0.6 is 46.3 Å². The third-order valence-corrected chi connectivity index (χ3v) is 5.40. The van der Waals surface area contributed by atoms with Crippen molar-refractivity contribution in [3.63, 3.8) is 0 Å². The molecule has 3 N–H and O–H groups in total. The molecule has 0 radical (unpaired) electrons. The zero-order valence-electron chi connectivity index (χ0n) is 15.4. The van der Waals surface area contributed by atoms with Crippen molar-refractivity contribution in [2.45, 2.75) is 18.2 Å². The molecule has 13 heteroatoms. The van der Waals surface area contributed by atoms with Crippen molar-refractivity contribution in [2.75, 3.05) is 17.7 Å². The van der Waals surface area contributed by atoms with Gasteiger partial charge in [0.05, 0.1) is 29.5 Å². The van der Waals surface area contributed by atoms with Crippen molar-refractivity contribution >= 4 is 75.2 Å². The highest BCUT2D eigenvalue weighted by atomic mass is 35.5. The molecule has 2 aromatic rings. The van der Waals surface area contributed by atoms with Crippen LogP contribution in [0.3, 0.4) is 0 Å². The highest BCUT2D eigenvalue weighted by Crippen LogP contribution is 2.30. The number of esters is 1. The average Bonchev–Trinajstić information content (AvgIpc) is 3.09. The maximum absolute atomic E-state index is 12.0. The fraction of sp³-hybridized carbons (Fsp3) is 0.235. The number of aromatic nitrogens is 1. The van der Waals surface area contributed by atoms with Gasteiger partial charge in [-0.1, -0.05) is 23.2 Å². The number of nitrogens with one attached hydrogen (secondary N) is 1. The Morgan fingerprint density at radius 3 is 2.47 bits per heavy atom. The van der Waals surface area contributed by atoms with Crippen molar-refractivity contribution in [1.29, 1.82) is 0 Å². The molecule has 1 amide bonds. The third kappa shape index (κ3) is 9.92. The first-order valence-corrected chi connectivity index (χ1v) is 10.7. The Morgan fingerprint density at radius 1 is 1.20 bits per heavy atom. The van der Waals surface area contributed by atoms with Gasteiger partial charge in [0.2, 0.25) is 5.91 Å². The van der Waals surface area contributed by atoms with Crippen LogP contribution in [0.15, 0.2) is 28.5 Å². The fourth-order valence-corrected chi connectivity index (χ4v) is 3.71. The summed E-state index contributed by atoms with van der Waals surface area (Å²) in [7, 11) is 0. The fourth-order valence-electron chi connectivity index (χ4n) is 1.69. The van der Waals surface area contributed by atoms with Crippen LogP contribution in [0.4, 0.5) is 5.13 Å². The number of thioether (sulfide) groups is 1. The van der Waals surface area contributed by atoms with Gasteiger partial charge in [0.15, 0.2) is 5.13 Å². The number of hydrogen-bond donors (Lipinski definition) is 3. The molecule has 1 aromatic heterocycles. The van der Waals surface area contributed by atoms with Crippen LogP contribution in [0.25, 0.3) is 0 Å². The standard InChI is InChI=1S/C15H14Cl2N2O3S2.C2H2O4/c1-2-22-14(21)6-10-7-24-15(18-10)19-13(20)8-23-12-5-9(16)3-4-11(12)17;3-1(4)2(5)6/h3-5,7H,2,6,8H2,1H3,(H,18,19,20);(H,3,4)(H,5,6). The maximum atomic E-state index is 12.0. The van der Waals surface area contributed by atoms with Gasteiger partial charge in [-0.25, -0.2) is 14.6 Å². The second-order valence-corrected chi connectivity index (χ2v) is 7.87. The molecule has 0 aliphatic carbocycles. The quantitative estimate of drug-likeness (QED) is 0.299. The molecule has 0 aliphatic heterocycles. The van der Waals surface area contributed by atoms with Crippen LogP contribution in [-0.2, 0) is 30.3 Å². The topological polar surface area (TPSA) is 143 Å². The van der Waals surface area contributed by atoms with Crippen molar-refractivity contribution in [1.82, 2.24) is 4.98 Å². The summed E-state index contributed by atoms with van der Waals surface area (Å²) in [5.74, 6) is -4.03. The minimum absolute atomic E-state index is 0.0904. The number of anilines is 1. The molecule has 0 fully saturated rings. The molecular weight excluding hydrogens is 479 g/mol. The number of benzene rings is 1. The number of carbonyl (C=O) groups is 4. The van der Waals surface area contributed by atoms with Crippen LogP contribution in [0.1, 0.15) is 12.6 Å². The zero-order chi connectivity index (χ0) is 22.7. The van der Waals surface area contributed by atoms with Crippen LogP contribution in [-0.4, -0.2) is 51.4 Å². The summed E-state index contributed by atoms with van der Waals surface area (Å²) in [6.45, 7) is 2.07. The van der Waals surface area contributed by atoms with Gasteiger partial charge in [-0.15, -0.1) is 23.1 Å². The lowest BCUT2D eigenvalue weighted by Crippen LogP contribution is -2.14. The smallest absolute Gasteiger partial charge is 0.414 e. The van der Waals surface area contributed by atoms with Crippen LogP contribution < -0.4 is 5.32 Å². The van der Waals surface area contributed by atoms with Gasteiger partial charge in [0, 0.05) is 15.3 Å². The lowest BCUT2D eigenvalue weighted by molar-refractivity contribution is -0.159. The number of hydrogen-bond acceptors (Lipinski definition) is 8. The molecule has 9 nitrogen and oxygen atoms in total. The van der Waals surface area contributed by atoms with Gasteiger partial charge in [-0.2, -0.15) is 0 Å². The van der Waals surface area contributed by atoms with E-state index in [-0.39, 0.29) is 24.1 Å². The zero-order valence-corrected chi connectivity index (χ0v) is 18.5. The van der Waals surface area contributed by atoms with E-state index in [4.69, 9.17) is 47.7 Å². The second kappa shape index (κ2) is 13.1. The van der Waals surface area contributed by atoms with E-state index in [1.807, 2.05) is 0 Å². The highest BCUT2D eigenvalue weighted by Gasteiger charge is 2.11. The summed E-state index contributed by atoms with van der Waals surface area (Å²) in [6.07, 6.45) is 0.0904. The van der Waals surface area contributed by atoms with E-state index in [9.17, 15) is 9.59 Å². The van der Waals surface area contributed by atoms with Gasteiger partial charge in [-0.05, 0) is 25.1 Å². The lowest BCUT2D eigenvalue weighted by Gasteiger charge is -2.04. The summed E-state index contributed by atoms with van der Waals surface area (Å²) >= 11 is 14.5. The number of carboxylic acid groups (broad SMARTS) is 2. The second-order valence-electron chi connectivity index (χ2n) is 5.15. The molecular formula is C17H16Cl2N2O7S2. The summed E-state index contributed by atoms with van der Waals surface area (Å²) < 4.78 is 4.86. The van der Waals surface area contributed by atoms with E-state index >= 15 is 0 Å². The summed E-state index contributed by atoms with van der Waals surface area (Å²) in [4.78, 5) is 46.5. The van der Waals surface area contributed by atoms with Crippen LogP contribution in [0.2, 0.25) is 10.0 Å². The van der Waals surface area contributed by atoms with Gasteiger partial charge in [0.25, 0.3) is 0 Å². The number of halogens is 2. The van der Waals surface area contributed by atoms with Crippen molar-refractivity contribution in [3.8, 4) is 0 Å². The molecule has 2 rings (SSSR count). The Kier molecular flexibility index (Phi) is 11.2. The Hall–Kier alpha value is -2.34. The first-order chi connectivity index (χ1) is 14.1. The molecule has 0 bridgehead atoms. The van der Waals surface area contributed by atoms with E-state index in [0.717, 1.165) is 4.90 Å². The Morgan fingerprint density at radius 2 is 1.87 bits per heavy atom. The van der Waals surface area contributed by atoms with E-state index in [0.29, 0.717) is 27.5 Å². The molecule has 30 heavy (non-hydrogen) atoms. The number of nitrogens with zero attached hydrogens (tertiary/aromatic N) is 1. The van der Waals surface area contributed by atoms with Gasteiger partial charge >= 0.3 is 17.9 Å². The minimum Gasteiger partial charge on any atom is -0.473 e. The number of ether oxygens (including phenoxy) is 1. The normalized spacial score (nSPS) is 9.83. The molecule has 0 atom stereocenters. The van der Waals surface area contributed by atoms with Gasteiger partial charge < -0.3 is 20.3 Å². The van der Waals surface area contributed by atoms with Gasteiger partial charge in [-0.3, -0.25) is 9.59 Å². The first kappa shape index (κ1) is 25.7. The average molecular weight is 495 g/mol. The number of carboxylic acids is 2. The molecule has 0 saturated heterocycles. The van der Waals surface area contributed by atoms with Crippen molar-refractivity contribution in [3.05, 3.63) is 39.3 Å². The van der Waals surface area contributed by atoms with Crippen LogP contribution in [0, 0.1) is 0 Å². The van der Waals surface area contributed by atoms with E-state index in [1.54, 1.807) is 30.5 Å². The predicted octanol–water partition coefficient (Wildman–Crippen LogP) is 3.44. The number of rotatable bonds is 7. The summed E-state index contributed by atoms with van der Waals surface area (Å²) in [5, 5.41) is 20.7. The Balaban J connectivity index is 0.000000656. The third-order valence-electron chi connectivity index (χ3n) is 2.86. The minimum atomic E-state index is -1.82. The Labute approximate surface area is 189 Å². The predicted molar refractivity (Wildman–Crippen MR) is 114 cm³/mol. The van der Waals surface area contributed by atoms with Crippen LogP contribution in [0.5, 0.6) is 0 Å². The molecule has 0 aliphatic rings. The summed E-state index contributed by atoms with van der Waals surface area (Å²) in [5.41, 5.74) is 0.569. The first-order valence-electron chi connectivity index (χ1n) is 8.06. The molecule has 0 unspecified atom stereocenters. The van der Waals surface area contributed by atoms with Crippen molar-refractivity contribution in [2.24, 2.45) is 0 Å². The number of aliphatic carboxylic acids is 2.